The molecular formula is C17H18FNO4S. The molecule has 0 amide bonds. The Morgan fingerprint density at radius 2 is 1.83 bits per heavy atom. The van der Waals surface area contributed by atoms with Crippen LogP contribution in [0.2, 0.25) is 0 Å². The maximum atomic E-state index is 13.8. The van der Waals surface area contributed by atoms with E-state index in [1.807, 2.05) is 0 Å². The Labute approximate surface area is 140 Å². The zero-order valence-electron chi connectivity index (χ0n) is 13.1. The number of hydrogen-bond donors (Lipinski definition) is 2. The highest BCUT2D eigenvalue weighted by Gasteiger charge is 2.21. The Hall–Kier alpha value is -2.41. The van der Waals surface area contributed by atoms with Crippen LogP contribution in [0.25, 0.3) is 0 Å². The minimum absolute atomic E-state index is 0.287. The van der Waals surface area contributed by atoms with Crippen LogP contribution in [0.15, 0.2) is 47.4 Å². The van der Waals surface area contributed by atoms with E-state index in [9.17, 15) is 17.6 Å². The lowest BCUT2D eigenvalue weighted by atomic mass is 10.1. The lowest BCUT2D eigenvalue weighted by molar-refractivity contribution is 0.0696. The van der Waals surface area contributed by atoms with Gasteiger partial charge in [0.25, 0.3) is 10.0 Å². The molecule has 24 heavy (non-hydrogen) atoms. The number of hydrogen-bond acceptors (Lipinski definition) is 3. The van der Waals surface area contributed by atoms with E-state index >= 15 is 0 Å². The molecule has 0 atom stereocenters. The van der Waals surface area contributed by atoms with Crippen LogP contribution in [0.1, 0.15) is 35.7 Å². The molecule has 0 aliphatic heterocycles. The lowest BCUT2D eigenvalue weighted by Gasteiger charge is -2.10. The fourth-order valence-electron chi connectivity index (χ4n) is 2.17. The number of carboxylic acids is 1. The number of carbonyl (C=O) groups is 1. The second kappa shape index (κ2) is 7.44. The van der Waals surface area contributed by atoms with E-state index in [0.29, 0.717) is 0 Å². The highest BCUT2D eigenvalue weighted by molar-refractivity contribution is 7.92. The van der Waals surface area contributed by atoms with Gasteiger partial charge in [-0.1, -0.05) is 25.5 Å². The van der Waals surface area contributed by atoms with Gasteiger partial charge >= 0.3 is 5.97 Å². The first-order valence-corrected chi connectivity index (χ1v) is 8.96. The Kier molecular flexibility index (Phi) is 5.56. The molecule has 0 fully saturated rings. The summed E-state index contributed by atoms with van der Waals surface area (Å²) >= 11 is 0. The second-order valence-corrected chi connectivity index (χ2v) is 7.01. The molecule has 0 spiro atoms. The zero-order chi connectivity index (χ0) is 17.7. The fourth-order valence-corrected chi connectivity index (χ4v) is 3.34. The summed E-state index contributed by atoms with van der Waals surface area (Å²) in [5.41, 5.74) is 1.07. The van der Waals surface area contributed by atoms with Crippen molar-refractivity contribution >= 4 is 21.7 Å². The molecule has 0 saturated carbocycles. The maximum absolute atomic E-state index is 13.8. The molecule has 0 aliphatic carbocycles. The Morgan fingerprint density at radius 3 is 2.42 bits per heavy atom. The van der Waals surface area contributed by atoms with Gasteiger partial charge in [-0.05, 0) is 48.7 Å². The molecule has 128 valence electrons. The Bertz CT molecular complexity index is 832. The number of halogens is 1. The SMILES string of the molecule is CCCCc1ccc(NS(=O)(=O)c2cc(C(=O)O)ccc2F)cc1. The summed E-state index contributed by atoms with van der Waals surface area (Å²) in [5.74, 6) is -2.33. The van der Waals surface area contributed by atoms with Gasteiger partial charge in [-0.25, -0.2) is 17.6 Å². The van der Waals surface area contributed by atoms with Crippen molar-refractivity contribution < 1.29 is 22.7 Å². The van der Waals surface area contributed by atoms with E-state index in [4.69, 9.17) is 5.11 Å². The van der Waals surface area contributed by atoms with Gasteiger partial charge < -0.3 is 5.11 Å². The van der Waals surface area contributed by atoms with Crippen molar-refractivity contribution in [1.29, 1.82) is 0 Å². The van der Waals surface area contributed by atoms with Crippen molar-refractivity contribution in [3.05, 3.63) is 59.4 Å². The molecule has 7 heteroatoms. The van der Waals surface area contributed by atoms with E-state index in [1.165, 1.54) is 0 Å². The summed E-state index contributed by atoms with van der Waals surface area (Å²) in [6, 6.07) is 9.44. The smallest absolute Gasteiger partial charge is 0.335 e. The van der Waals surface area contributed by atoms with Crippen molar-refractivity contribution in [2.75, 3.05) is 4.72 Å². The zero-order valence-corrected chi connectivity index (χ0v) is 13.9. The number of rotatable bonds is 7. The van der Waals surface area contributed by atoms with Gasteiger partial charge in [0.1, 0.15) is 10.7 Å². The third kappa shape index (κ3) is 4.32. The van der Waals surface area contributed by atoms with Gasteiger partial charge in [0.05, 0.1) is 5.56 Å². The predicted molar refractivity (Wildman–Crippen MR) is 89.2 cm³/mol. The first kappa shape index (κ1) is 17.9. The molecule has 2 N–H and O–H groups in total. The van der Waals surface area contributed by atoms with Crippen molar-refractivity contribution in [2.24, 2.45) is 0 Å². The normalized spacial score (nSPS) is 11.2. The monoisotopic (exact) mass is 351 g/mol. The van der Waals surface area contributed by atoms with Gasteiger partial charge in [-0.15, -0.1) is 0 Å². The molecule has 0 aromatic heterocycles. The van der Waals surface area contributed by atoms with Crippen LogP contribution in [-0.4, -0.2) is 19.5 Å². The first-order chi connectivity index (χ1) is 11.3. The number of aryl methyl sites for hydroxylation is 1. The Morgan fingerprint density at radius 1 is 1.17 bits per heavy atom. The van der Waals surface area contributed by atoms with Gasteiger partial charge in [-0.2, -0.15) is 0 Å². The summed E-state index contributed by atoms with van der Waals surface area (Å²) in [4.78, 5) is 10.2. The third-order valence-electron chi connectivity index (χ3n) is 3.49. The molecule has 0 saturated heterocycles. The number of benzene rings is 2. The first-order valence-electron chi connectivity index (χ1n) is 7.48. The Balaban J connectivity index is 2.25. The minimum Gasteiger partial charge on any atom is -0.478 e. The average molecular weight is 351 g/mol. The molecule has 0 unspecified atom stereocenters. The largest absolute Gasteiger partial charge is 0.478 e. The van der Waals surface area contributed by atoms with Crippen LogP contribution in [0.4, 0.5) is 10.1 Å². The minimum atomic E-state index is -4.22. The van der Waals surface area contributed by atoms with E-state index in [1.54, 1.807) is 24.3 Å². The second-order valence-electron chi connectivity index (χ2n) is 5.36. The molecule has 0 heterocycles. The quantitative estimate of drug-likeness (QED) is 0.797. The highest BCUT2D eigenvalue weighted by atomic mass is 32.2. The average Bonchev–Trinajstić information content (AvgIpc) is 2.54. The predicted octanol–water partition coefficient (Wildman–Crippen LogP) is 3.67. The number of unbranched alkanes of at least 4 members (excludes halogenated alkanes) is 1. The summed E-state index contributed by atoms with van der Waals surface area (Å²) < 4.78 is 40.7. The standard InChI is InChI=1S/C17H18FNO4S/c1-2-3-4-12-5-8-14(9-6-12)19-24(22,23)16-11-13(17(20)21)7-10-15(16)18/h5-11,19H,2-4H2,1H3,(H,20,21). The summed E-state index contributed by atoms with van der Waals surface area (Å²) in [7, 11) is -4.22. The summed E-state index contributed by atoms with van der Waals surface area (Å²) in [6.07, 6.45) is 3.00. The number of sulfonamides is 1. The van der Waals surface area contributed by atoms with E-state index in [-0.39, 0.29) is 11.3 Å². The number of nitrogens with one attached hydrogen (secondary N) is 1. The summed E-state index contributed by atoms with van der Waals surface area (Å²) in [6.45, 7) is 2.09. The van der Waals surface area contributed by atoms with E-state index in [2.05, 4.69) is 11.6 Å². The van der Waals surface area contributed by atoms with Crippen LogP contribution in [0, 0.1) is 5.82 Å². The lowest BCUT2D eigenvalue weighted by Crippen LogP contribution is -2.15. The molecule has 2 rings (SSSR count). The molecule has 0 radical (unpaired) electrons. The number of carboxylic acid groups (broad SMARTS) is 1. The van der Waals surface area contributed by atoms with Crippen molar-refractivity contribution in [3.63, 3.8) is 0 Å². The van der Waals surface area contributed by atoms with Gasteiger partial charge in [-0.3, -0.25) is 4.72 Å². The molecule has 0 aliphatic rings. The van der Waals surface area contributed by atoms with Gasteiger partial charge in [0.2, 0.25) is 0 Å². The van der Waals surface area contributed by atoms with Crippen LogP contribution in [-0.2, 0) is 16.4 Å². The highest BCUT2D eigenvalue weighted by Crippen LogP contribution is 2.21. The van der Waals surface area contributed by atoms with Crippen molar-refractivity contribution in [3.8, 4) is 0 Å². The van der Waals surface area contributed by atoms with Crippen molar-refractivity contribution in [1.82, 2.24) is 0 Å². The number of anilines is 1. The third-order valence-corrected chi connectivity index (χ3v) is 4.89. The molecular weight excluding hydrogens is 333 g/mol. The van der Waals surface area contributed by atoms with Crippen LogP contribution >= 0.6 is 0 Å². The van der Waals surface area contributed by atoms with E-state index in [0.717, 1.165) is 43.0 Å². The number of aromatic carboxylic acids is 1. The topological polar surface area (TPSA) is 83.5 Å². The van der Waals surface area contributed by atoms with Gasteiger partial charge in [0.15, 0.2) is 0 Å². The molecule has 2 aromatic rings. The van der Waals surface area contributed by atoms with Crippen LogP contribution < -0.4 is 4.72 Å². The summed E-state index contributed by atoms with van der Waals surface area (Å²) in [5, 5.41) is 8.92. The maximum Gasteiger partial charge on any atom is 0.335 e. The molecule has 2 aromatic carbocycles. The molecule has 0 bridgehead atoms. The van der Waals surface area contributed by atoms with Crippen molar-refractivity contribution in [2.45, 2.75) is 31.1 Å². The van der Waals surface area contributed by atoms with Crippen LogP contribution in [0.3, 0.4) is 0 Å². The van der Waals surface area contributed by atoms with Crippen LogP contribution in [0.5, 0.6) is 0 Å². The van der Waals surface area contributed by atoms with Gasteiger partial charge in [0, 0.05) is 5.69 Å². The molecule has 5 nitrogen and oxygen atoms in total. The fraction of sp³-hybridized carbons (Fsp3) is 0.235. The van der Waals surface area contributed by atoms with E-state index < -0.39 is 26.7 Å².